The van der Waals surface area contributed by atoms with E-state index in [1.807, 2.05) is 38.1 Å². The number of nitrogens with zero attached hydrogens (tertiary/aromatic N) is 2. The average Bonchev–Trinajstić information content (AvgIpc) is 3.33. The van der Waals surface area contributed by atoms with Crippen molar-refractivity contribution < 1.29 is 28.5 Å². The molecule has 0 unspecified atom stereocenters. The number of carbonyl (C=O) groups excluding carboxylic acids is 2. The summed E-state index contributed by atoms with van der Waals surface area (Å²) in [6, 6.07) is 14.5. The fourth-order valence-electron chi connectivity index (χ4n) is 3.34. The Bertz CT molecular complexity index is 1220. The number of hydrogen-bond donors (Lipinski definition) is 2. The topological polar surface area (TPSA) is 120 Å². The van der Waals surface area contributed by atoms with Crippen LogP contribution in [0.3, 0.4) is 0 Å². The number of rotatable bonds is 14. The fourth-order valence-corrected chi connectivity index (χ4v) is 4.31. The predicted molar refractivity (Wildman–Crippen MR) is 152 cm³/mol. The van der Waals surface area contributed by atoms with Gasteiger partial charge >= 0.3 is 0 Å². The minimum atomic E-state index is -0.546. The van der Waals surface area contributed by atoms with Crippen LogP contribution in [0.15, 0.2) is 58.7 Å². The highest BCUT2D eigenvalue weighted by molar-refractivity contribution is 7.16. The van der Waals surface area contributed by atoms with Crippen molar-refractivity contribution in [3.8, 4) is 23.0 Å². The van der Waals surface area contributed by atoms with Crippen molar-refractivity contribution in [2.24, 2.45) is 10.2 Å². The largest absolute Gasteiger partial charge is 0.496 e. The second-order valence-corrected chi connectivity index (χ2v) is 9.02. The second kappa shape index (κ2) is 15.1. The molecule has 2 aromatic carbocycles. The maximum absolute atomic E-state index is 13.1. The van der Waals surface area contributed by atoms with E-state index in [1.165, 1.54) is 12.4 Å². The first-order valence-corrected chi connectivity index (χ1v) is 13.2. The molecule has 1 aromatic heterocycles. The molecule has 1 heterocycles. The van der Waals surface area contributed by atoms with Crippen LogP contribution in [-0.4, -0.2) is 51.7 Å². The van der Waals surface area contributed by atoms with Crippen molar-refractivity contribution in [2.75, 3.05) is 27.4 Å². The summed E-state index contributed by atoms with van der Waals surface area (Å²) in [6.45, 7) is 4.54. The van der Waals surface area contributed by atoms with Gasteiger partial charge in [-0.3, -0.25) is 9.59 Å². The van der Waals surface area contributed by atoms with E-state index in [2.05, 4.69) is 21.1 Å². The first kappa shape index (κ1) is 29.2. The molecular weight excluding hydrogens is 520 g/mol. The third-order valence-electron chi connectivity index (χ3n) is 5.15. The number of nitrogens with one attached hydrogen (secondary N) is 2. The maximum atomic E-state index is 13.1. The van der Waals surface area contributed by atoms with E-state index in [0.29, 0.717) is 48.7 Å². The smallest absolute Gasteiger partial charge is 0.285 e. The number of ether oxygens (including phenoxy) is 4. The molecule has 206 valence electrons. The van der Waals surface area contributed by atoms with Crippen LogP contribution >= 0.6 is 11.3 Å². The molecule has 2 N–H and O–H groups in total. The van der Waals surface area contributed by atoms with Gasteiger partial charge in [-0.05, 0) is 37.1 Å². The normalized spacial score (nSPS) is 11.0. The van der Waals surface area contributed by atoms with E-state index in [9.17, 15) is 9.59 Å². The van der Waals surface area contributed by atoms with Crippen LogP contribution < -0.4 is 29.8 Å². The molecule has 0 radical (unpaired) electrons. The van der Waals surface area contributed by atoms with Crippen molar-refractivity contribution in [2.45, 2.75) is 26.7 Å². The molecule has 11 heteroatoms. The Morgan fingerprint density at radius 2 is 1.15 bits per heavy atom. The Morgan fingerprint density at radius 1 is 0.744 bits per heavy atom. The predicted octanol–water partition coefficient (Wildman–Crippen LogP) is 4.87. The highest BCUT2D eigenvalue weighted by atomic mass is 32.1. The minimum absolute atomic E-state index is 0.158. The van der Waals surface area contributed by atoms with Crippen molar-refractivity contribution in [3.63, 3.8) is 0 Å². The third kappa shape index (κ3) is 7.81. The molecule has 0 fully saturated rings. The highest BCUT2D eigenvalue weighted by Crippen LogP contribution is 2.42. The number of amides is 2. The first-order valence-electron chi connectivity index (χ1n) is 12.4. The number of thiophene rings is 1. The monoisotopic (exact) mass is 552 g/mol. The molecule has 0 bridgehead atoms. The molecule has 0 saturated heterocycles. The lowest BCUT2D eigenvalue weighted by atomic mass is 10.2. The fraction of sp³-hybridized carbons (Fsp3) is 0.286. The molecule has 0 aliphatic heterocycles. The summed E-state index contributed by atoms with van der Waals surface area (Å²) in [6.07, 6.45) is 4.35. The van der Waals surface area contributed by atoms with Crippen molar-refractivity contribution in [3.05, 3.63) is 69.4 Å². The van der Waals surface area contributed by atoms with Crippen LogP contribution in [0, 0.1) is 0 Å². The van der Waals surface area contributed by atoms with E-state index >= 15 is 0 Å². The summed E-state index contributed by atoms with van der Waals surface area (Å²) in [7, 11) is 3.11. The Labute approximate surface area is 231 Å². The molecule has 0 spiro atoms. The van der Waals surface area contributed by atoms with Gasteiger partial charge in [0, 0.05) is 11.1 Å². The van der Waals surface area contributed by atoms with Gasteiger partial charge in [-0.15, -0.1) is 11.3 Å². The molecule has 2 amide bonds. The molecular formula is C28H32N4O6S. The van der Waals surface area contributed by atoms with Crippen molar-refractivity contribution >= 4 is 35.6 Å². The van der Waals surface area contributed by atoms with E-state index in [-0.39, 0.29) is 21.3 Å². The third-order valence-corrected chi connectivity index (χ3v) is 6.30. The Kier molecular flexibility index (Phi) is 11.3. The van der Waals surface area contributed by atoms with Crippen LogP contribution in [0.25, 0.3) is 0 Å². The number of hydrogen-bond acceptors (Lipinski definition) is 9. The van der Waals surface area contributed by atoms with Gasteiger partial charge < -0.3 is 18.9 Å². The van der Waals surface area contributed by atoms with Gasteiger partial charge in [0.25, 0.3) is 11.8 Å². The molecule has 3 aromatic rings. The van der Waals surface area contributed by atoms with Gasteiger partial charge in [0.1, 0.15) is 21.3 Å². The number of methoxy groups -OCH3 is 2. The maximum Gasteiger partial charge on any atom is 0.285 e. The van der Waals surface area contributed by atoms with Crippen molar-refractivity contribution in [1.29, 1.82) is 0 Å². The van der Waals surface area contributed by atoms with Gasteiger partial charge in [-0.2, -0.15) is 10.2 Å². The molecule has 0 atom stereocenters. The van der Waals surface area contributed by atoms with Gasteiger partial charge in [0.15, 0.2) is 11.5 Å². The quantitative estimate of drug-likeness (QED) is 0.218. The zero-order valence-corrected chi connectivity index (χ0v) is 23.2. The molecule has 0 aliphatic rings. The number of hydrazone groups is 2. The number of para-hydroxylation sites is 2. The van der Waals surface area contributed by atoms with Crippen LogP contribution in [0.5, 0.6) is 23.0 Å². The minimum Gasteiger partial charge on any atom is -0.496 e. The van der Waals surface area contributed by atoms with Gasteiger partial charge in [0.05, 0.1) is 39.9 Å². The molecule has 0 aliphatic carbocycles. The van der Waals surface area contributed by atoms with E-state index in [4.69, 9.17) is 18.9 Å². The SMILES string of the molecule is CCCOc1c(C(=O)N/N=C\c2ccccc2OC)sc(C(=O)N/N=C\c2ccccc2OC)c1OCCC. The highest BCUT2D eigenvalue weighted by Gasteiger charge is 2.29. The van der Waals surface area contributed by atoms with Crippen LogP contribution in [-0.2, 0) is 0 Å². The van der Waals surface area contributed by atoms with Crippen LogP contribution in [0.1, 0.15) is 57.2 Å². The van der Waals surface area contributed by atoms with Crippen molar-refractivity contribution in [1.82, 2.24) is 10.9 Å². The van der Waals surface area contributed by atoms with Gasteiger partial charge in [-0.25, -0.2) is 10.9 Å². The zero-order chi connectivity index (χ0) is 28.0. The molecule has 3 rings (SSSR count). The van der Waals surface area contributed by atoms with E-state index in [1.54, 1.807) is 38.5 Å². The lowest BCUT2D eigenvalue weighted by Gasteiger charge is -2.10. The van der Waals surface area contributed by atoms with E-state index < -0.39 is 11.8 Å². The number of carbonyl (C=O) groups is 2. The summed E-state index contributed by atoms with van der Waals surface area (Å²) in [4.78, 5) is 26.6. The summed E-state index contributed by atoms with van der Waals surface area (Å²) >= 11 is 0.940. The summed E-state index contributed by atoms with van der Waals surface area (Å²) in [5.41, 5.74) is 6.38. The first-order chi connectivity index (χ1) is 19.0. The van der Waals surface area contributed by atoms with Crippen LogP contribution in [0.4, 0.5) is 0 Å². The second-order valence-electron chi connectivity index (χ2n) is 8.00. The Morgan fingerprint density at radius 3 is 1.54 bits per heavy atom. The average molecular weight is 553 g/mol. The van der Waals surface area contributed by atoms with Crippen LogP contribution in [0.2, 0.25) is 0 Å². The Hall–Kier alpha value is -4.38. The Balaban J connectivity index is 1.88. The molecule has 0 saturated carbocycles. The summed E-state index contributed by atoms with van der Waals surface area (Å²) < 4.78 is 22.4. The summed E-state index contributed by atoms with van der Waals surface area (Å²) in [5.74, 6) is 0.520. The summed E-state index contributed by atoms with van der Waals surface area (Å²) in [5, 5.41) is 8.13. The molecule has 39 heavy (non-hydrogen) atoms. The lowest BCUT2D eigenvalue weighted by Crippen LogP contribution is -2.17. The lowest BCUT2D eigenvalue weighted by molar-refractivity contribution is 0.0945. The number of benzene rings is 2. The zero-order valence-electron chi connectivity index (χ0n) is 22.4. The standard InChI is InChI=1S/C28H32N4O6S/c1-5-15-37-23-24(38-16-6-2)26(28(34)32-30-18-20-12-8-10-14-22(20)36-4)39-25(23)27(33)31-29-17-19-11-7-9-13-21(19)35-3/h7-14,17-18H,5-6,15-16H2,1-4H3,(H,31,33)(H,32,34)/b29-17-,30-18-. The van der Waals surface area contributed by atoms with E-state index in [0.717, 1.165) is 11.3 Å². The van der Waals surface area contributed by atoms with Gasteiger partial charge in [0.2, 0.25) is 0 Å². The van der Waals surface area contributed by atoms with Gasteiger partial charge in [-0.1, -0.05) is 38.1 Å². The molecule has 10 nitrogen and oxygen atoms in total.